The van der Waals surface area contributed by atoms with Crippen LogP contribution in [-0.4, -0.2) is 41.7 Å². The summed E-state index contributed by atoms with van der Waals surface area (Å²) >= 11 is 0. The second-order valence-electron chi connectivity index (χ2n) is 5.99. The van der Waals surface area contributed by atoms with Crippen LogP contribution in [0, 0.1) is 11.6 Å². The van der Waals surface area contributed by atoms with Gasteiger partial charge >= 0.3 is 0 Å². The zero-order valence-corrected chi connectivity index (χ0v) is 16.1. The SMILES string of the molecule is Cl.Cl.O=C(Nc1ccc2nc(-c3cc(F)ccc3F)[nH]c2c1)[C@H]1CNCCO1. The number of rotatable bonds is 3. The van der Waals surface area contributed by atoms with E-state index >= 15 is 0 Å². The van der Waals surface area contributed by atoms with Crippen molar-refractivity contribution in [3.63, 3.8) is 0 Å². The van der Waals surface area contributed by atoms with Gasteiger partial charge in [-0.1, -0.05) is 0 Å². The van der Waals surface area contributed by atoms with Crippen LogP contribution in [0.1, 0.15) is 0 Å². The van der Waals surface area contributed by atoms with Crippen LogP contribution in [0.3, 0.4) is 0 Å². The van der Waals surface area contributed by atoms with Crippen molar-refractivity contribution in [3.8, 4) is 11.4 Å². The first-order valence-corrected chi connectivity index (χ1v) is 8.18. The average molecular weight is 431 g/mol. The molecule has 1 aliphatic rings. The number of carbonyl (C=O) groups excluding carboxylic acids is 1. The third-order valence-electron chi connectivity index (χ3n) is 4.15. The Bertz CT molecular complexity index is 977. The van der Waals surface area contributed by atoms with Gasteiger partial charge < -0.3 is 20.4 Å². The molecule has 0 spiro atoms. The van der Waals surface area contributed by atoms with E-state index in [1.807, 2.05) is 0 Å². The molecule has 6 nitrogen and oxygen atoms in total. The van der Waals surface area contributed by atoms with Crippen molar-refractivity contribution in [1.82, 2.24) is 15.3 Å². The lowest BCUT2D eigenvalue weighted by molar-refractivity contribution is -0.128. The van der Waals surface area contributed by atoms with Crippen LogP contribution in [-0.2, 0) is 9.53 Å². The second kappa shape index (κ2) is 9.29. The minimum atomic E-state index is -0.569. The van der Waals surface area contributed by atoms with E-state index in [1.54, 1.807) is 18.2 Å². The van der Waals surface area contributed by atoms with Gasteiger partial charge in [0.25, 0.3) is 5.91 Å². The number of anilines is 1. The molecule has 1 saturated heterocycles. The number of nitrogens with zero attached hydrogens (tertiary/aromatic N) is 1. The highest BCUT2D eigenvalue weighted by Gasteiger charge is 2.22. The number of hydrogen-bond acceptors (Lipinski definition) is 4. The lowest BCUT2D eigenvalue weighted by atomic mass is 10.2. The number of H-pyrrole nitrogens is 1. The molecule has 3 N–H and O–H groups in total. The van der Waals surface area contributed by atoms with Crippen molar-refractivity contribution >= 4 is 47.4 Å². The molecule has 150 valence electrons. The Morgan fingerprint density at radius 2 is 2.00 bits per heavy atom. The van der Waals surface area contributed by atoms with Gasteiger partial charge in [0.2, 0.25) is 0 Å². The number of hydrogen-bond donors (Lipinski definition) is 3. The number of benzene rings is 2. The molecule has 1 aromatic heterocycles. The van der Waals surface area contributed by atoms with Gasteiger partial charge in [0.05, 0.1) is 23.2 Å². The first-order chi connectivity index (χ1) is 12.6. The maximum Gasteiger partial charge on any atom is 0.254 e. The number of amides is 1. The van der Waals surface area contributed by atoms with Crippen LogP contribution in [0.15, 0.2) is 36.4 Å². The van der Waals surface area contributed by atoms with Gasteiger partial charge in [-0.15, -0.1) is 24.8 Å². The maximum absolute atomic E-state index is 13.9. The van der Waals surface area contributed by atoms with Crippen LogP contribution < -0.4 is 10.6 Å². The topological polar surface area (TPSA) is 79.0 Å². The number of imidazole rings is 1. The average Bonchev–Trinajstić information content (AvgIpc) is 3.07. The fraction of sp³-hybridized carbons (Fsp3) is 0.222. The second-order valence-corrected chi connectivity index (χ2v) is 5.99. The molecule has 0 saturated carbocycles. The predicted molar refractivity (Wildman–Crippen MR) is 107 cm³/mol. The summed E-state index contributed by atoms with van der Waals surface area (Å²) in [5, 5.41) is 5.88. The smallest absolute Gasteiger partial charge is 0.254 e. The van der Waals surface area contributed by atoms with Gasteiger partial charge in [-0.2, -0.15) is 0 Å². The summed E-state index contributed by atoms with van der Waals surface area (Å²) in [5.41, 5.74) is 1.79. The van der Waals surface area contributed by atoms with Crippen LogP contribution in [0.4, 0.5) is 14.5 Å². The Labute approximate surface area is 171 Å². The van der Waals surface area contributed by atoms with E-state index in [0.717, 1.165) is 24.7 Å². The van der Waals surface area contributed by atoms with Gasteiger partial charge in [-0.3, -0.25) is 4.79 Å². The van der Waals surface area contributed by atoms with E-state index in [1.165, 1.54) is 0 Å². The summed E-state index contributed by atoms with van der Waals surface area (Å²) in [7, 11) is 0. The van der Waals surface area contributed by atoms with Crippen molar-refractivity contribution in [1.29, 1.82) is 0 Å². The third-order valence-corrected chi connectivity index (χ3v) is 4.15. The van der Waals surface area contributed by atoms with E-state index in [-0.39, 0.29) is 42.1 Å². The molecule has 2 heterocycles. The summed E-state index contributed by atoms with van der Waals surface area (Å²) in [6.45, 7) is 1.67. The molecule has 0 aliphatic carbocycles. The predicted octanol–water partition coefficient (Wildman–Crippen LogP) is 3.28. The minimum Gasteiger partial charge on any atom is -0.366 e. The van der Waals surface area contributed by atoms with Gasteiger partial charge in [-0.05, 0) is 36.4 Å². The van der Waals surface area contributed by atoms with Crippen molar-refractivity contribution in [3.05, 3.63) is 48.0 Å². The zero-order valence-electron chi connectivity index (χ0n) is 14.5. The van der Waals surface area contributed by atoms with Gasteiger partial charge in [-0.25, -0.2) is 13.8 Å². The quantitative estimate of drug-likeness (QED) is 0.595. The van der Waals surface area contributed by atoms with Crippen molar-refractivity contribution in [2.24, 2.45) is 0 Å². The Morgan fingerprint density at radius 3 is 2.75 bits per heavy atom. The number of nitrogens with one attached hydrogen (secondary N) is 3. The molecule has 2 aromatic carbocycles. The molecule has 3 aromatic rings. The highest BCUT2D eigenvalue weighted by Crippen LogP contribution is 2.25. The van der Waals surface area contributed by atoms with E-state index in [9.17, 15) is 13.6 Å². The van der Waals surface area contributed by atoms with Crippen molar-refractivity contribution in [2.75, 3.05) is 25.0 Å². The molecular weight excluding hydrogens is 413 g/mol. The molecule has 1 amide bonds. The van der Waals surface area contributed by atoms with Crippen LogP contribution in [0.5, 0.6) is 0 Å². The summed E-state index contributed by atoms with van der Waals surface area (Å²) in [6.07, 6.45) is -0.543. The number of halogens is 4. The standard InChI is InChI=1S/C18H16F2N4O2.2ClH/c19-10-1-3-13(20)12(7-10)17-23-14-4-2-11(8-15(14)24-17)22-18(25)16-9-21-5-6-26-16;;/h1-4,7-8,16,21H,5-6,9H2,(H,22,25)(H,23,24);2*1H/t16-;;/m1../s1. The lowest BCUT2D eigenvalue weighted by Crippen LogP contribution is -2.45. The molecule has 0 unspecified atom stereocenters. The third kappa shape index (κ3) is 4.59. The number of ether oxygens (including phenoxy) is 1. The van der Waals surface area contributed by atoms with Crippen molar-refractivity contribution in [2.45, 2.75) is 6.10 Å². The molecule has 28 heavy (non-hydrogen) atoms. The van der Waals surface area contributed by atoms with Gasteiger partial charge in [0.15, 0.2) is 0 Å². The summed E-state index contributed by atoms with van der Waals surface area (Å²) in [4.78, 5) is 19.5. The van der Waals surface area contributed by atoms with E-state index < -0.39 is 17.7 Å². The van der Waals surface area contributed by atoms with Gasteiger partial charge in [0, 0.05) is 18.8 Å². The van der Waals surface area contributed by atoms with E-state index in [4.69, 9.17) is 4.74 Å². The monoisotopic (exact) mass is 430 g/mol. The Balaban J connectivity index is 0.00000140. The van der Waals surface area contributed by atoms with E-state index in [2.05, 4.69) is 20.6 Å². The molecule has 10 heteroatoms. The largest absolute Gasteiger partial charge is 0.366 e. The number of aromatic amines is 1. The zero-order chi connectivity index (χ0) is 18.1. The Hall–Kier alpha value is -2.26. The fourth-order valence-corrected chi connectivity index (χ4v) is 2.85. The molecule has 4 rings (SSSR count). The normalized spacial score (nSPS) is 16.1. The molecule has 1 atom stereocenters. The van der Waals surface area contributed by atoms with Crippen molar-refractivity contribution < 1.29 is 18.3 Å². The highest BCUT2D eigenvalue weighted by atomic mass is 35.5. The number of fused-ring (bicyclic) bond motifs is 1. The first kappa shape index (κ1) is 22.0. The number of aromatic nitrogens is 2. The summed E-state index contributed by atoms with van der Waals surface area (Å²) < 4.78 is 32.8. The molecule has 1 aliphatic heterocycles. The lowest BCUT2D eigenvalue weighted by Gasteiger charge is -2.22. The summed E-state index contributed by atoms with van der Waals surface area (Å²) in [6, 6.07) is 8.28. The summed E-state index contributed by atoms with van der Waals surface area (Å²) in [5.74, 6) is -1.13. The van der Waals surface area contributed by atoms with Crippen LogP contribution >= 0.6 is 24.8 Å². The number of morpholine rings is 1. The van der Waals surface area contributed by atoms with Crippen LogP contribution in [0.25, 0.3) is 22.4 Å². The minimum absolute atomic E-state index is 0. The van der Waals surface area contributed by atoms with Crippen LogP contribution in [0.2, 0.25) is 0 Å². The highest BCUT2D eigenvalue weighted by molar-refractivity contribution is 5.96. The molecule has 1 fully saturated rings. The maximum atomic E-state index is 13.9. The molecule has 0 bridgehead atoms. The fourth-order valence-electron chi connectivity index (χ4n) is 2.85. The molecule has 0 radical (unpaired) electrons. The first-order valence-electron chi connectivity index (χ1n) is 8.18. The number of carbonyl (C=O) groups is 1. The Kier molecular flexibility index (Phi) is 7.31. The van der Waals surface area contributed by atoms with E-state index in [0.29, 0.717) is 29.9 Å². The molecular formula is C18H18Cl2F2N4O2. The Morgan fingerprint density at radius 1 is 1.18 bits per heavy atom. The van der Waals surface area contributed by atoms with Gasteiger partial charge in [0.1, 0.15) is 23.6 Å².